The summed E-state index contributed by atoms with van der Waals surface area (Å²) in [6.45, 7) is 4.89. The fourth-order valence-corrected chi connectivity index (χ4v) is 1.29. The molecule has 108 valence electrons. The molecule has 1 atom stereocenters. The Kier molecular flexibility index (Phi) is 12.3. The van der Waals surface area contributed by atoms with Crippen molar-refractivity contribution in [1.29, 1.82) is 0 Å². The lowest BCUT2D eigenvalue weighted by Gasteiger charge is -2.14. The van der Waals surface area contributed by atoms with E-state index >= 15 is 0 Å². The van der Waals surface area contributed by atoms with E-state index in [0.717, 1.165) is 0 Å². The molecule has 0 aliphatic carbocycles. The van der Waals surface area contributed by atoms with Crippen molar-refractivity contribution in [3.63, 3.8) is 0 Å². The zero-order valence-corrected chi connectivity index (χ0v) is 11.6. The predicted molar refractivity (Wildman–Crippen MR) is 67.6 cm³/mol. The van der Waals surface area contributed by atoms with Crippen molar-refractivity contribution in [3.05, 3.63) is 0 Å². The Bertz CT molecular complexity index is 201. The number of ether oxygens (including phenoxy) is 4. The van der Waals surface area contributed by atoms with Crippen LogP contribution in [0.3, 0.4) is 0 Å². The monoisotopic (exact) mass is 263 g/mol. The Morgan fingerprint density at radius 3 is 2.28 bits per heavy atom. The SMILES string of the molecule is CCOC(=O)C(CCOCCOCCOC)NC. The molecule has 18 heavy (non-hydrogen) atoms. The molecular formula is C12H25NO5. The first-order valence-corrected chi connectivity index (χ1v) is 6.24. The summed E-state index contributed by atoms with van der Waals surface area (Å²) in [5.74, 6) is -0.236. The average Bonchev–Trinajstić information content (AvgIpc) is 2.37. The Labute approximate surface area is 109 Å². The van der Waals surface area contributed by atoms with Gasteiger partial charge in [0.1, 0.15) is 6.04 Å². The molecule has 0 aliphatic heterocycles. The molecule has 0 heterocycles. The van der Waals surface area contributed by atoms with E-state index in [0.29, 0.717) is 46.1 Å². The molecule has 0 amide bonds. The van der Waals surface area contributed by atoms with Crippen molar-refractivity contribution >= 4 is 5.97 Å². The van der Waals surface area contributed by atoms with Gasteiger partial charge >= 0.3 is 5.97 Å². The highest BCUT2D eigenvalue weighted by molar-refractivity contribution is 5.75. The number of methoxy groups -OCH3 is 1. The molecule has 6 nitrogen and oxygen atoms in total. The standard InChI is InChI=1S/C12H25NO5/c1-4-18-12(14)11(13-2)5-6-16-9-10-17-8-7-15-3/h11,13H,4-10H2,1-3H3. The molecule has 0 aromatic carbocycles. The number of nitrogens with one attached hydrogen (secondary N) is 1. The van der Waals surface area contributed by atoms with Gasteiger partial charge in [-0.3, -0.25) is 4.79 Å². The fraction of sp³-hybridized carbons (Fsp3) is 0.917. The van der Waals surface area contributed by atoms with E-state index in [-0.39, 0.29) is 12.0 Å². The summed E-state index contributed by atoms with van der Waals surface area (Å²) in [6.07, 6.45) is 0.591. The van der Waals surface area contributed by atoms with Crippen LogP contribution in [0.4, 0.5) is 0 Å². The van der Waals surface area contributed by atoms with Crippen molar-refractivity contribution in [2.75, 3.05) is 53.8 Å². The van der Waals surface area contributed by atoms with Crippen LogP contribution >= 0.6 is 0 Å². The molecule has 0 radical (unpaired) electrons. The van der Waals surface area contributed by atoms with Crippen LogP contribution in [-0.2, 0) is 23.7 Å². The lowest BCUT2D eigenvalue weighted by Crippen LogP contribution is -2.36. The quantitative estimate of drug-likeness (QED) is 0.401. The van der Waals surface area contributed by atoms with Crippen LogP contribution in [0, 0.1) is 0 Å². The zero-order chi connectivity index (χ0) is 13.6. The Morgan fingerprint density at radius 1 is 1.11 bits per heavy atom. The molecule has 0 aromatic rings. The highest BCUT2D eigenvalue weighted by Gasteiger charge is 2.16. The van der Waals surface area contributed by atoms with E-state index in [2.05, 4.69) is 5.32 Å². The highest BCUT2D eigenvalue weighted by Crippen LogP contribution is 1.96. The minimum absolute atomic E-state index is 0.236. The van der Waals surface area contributed by atoms with Gasteiger partial charge in [-0.2, -0.15) is 0 Å². The van der Waals surface area contributed by atoms with Gasteiger partial charge in [-0.05, 0) is 20.4 Å². The largest absolute Gasteiger partial charge is 0.465 e. The summed E-state index contributed by atoms with van der Waals surface area (Å²) in [5, 5.41) is 2.90. The molecule has 1 unspecified atom stereocenters. The van der Waals surface area contributed by atoms with Gasteiger partial charge in [0, 0.05) is 13.7 Å². The minimum atomic E-state index is -0.306. The van der Waals surface area contributed by atoms with E-state index in [1.54, 1.807) is 21.1 Å². The van der Waals surface area contributed by atoms with Crippen LogP contribution in [0.1, 0.15) is 13.3 Å². The summed E-state index contributed by atoms with van der Waals surface area (Å²) in [5.41, 5.74) is 0. The number of hydrogen-bond acceptors (Lipinski definition) is 6. The number of likely N-dealkylation sites (N-methyl/N-ethyl adjacent to an activating group) is 1. The third-order valence-electron chi connectivity index (χ3n) is 2.27. The van der Waals surface area contributed by atoms with Gasteiger partial charge in [-0.15, -0.1) is 0 Å². The summed E-state index contributed by atoms with van der Waals surface area (Å²) in [6, 6.07) is -0.306. The number of carbonyl (C=O) groups is 1. The van der Waals surface area contributed by atoms with Gasteiger partial charge in [-0.25, -0.2) is 0 Å². The summed E-state index contributed by atoms with van der Waals surface area (Å²) in [7, 11) is 3.36. The fourth-order valence-electron chi connectivity index (χ4n) is 1.29. The van der Waals surface area contributed by atoms with Crippen LogP contribution in [-0.4, -0.2) is 65.8 Å². The molecule has 6 heteroatoms. The number of esters is 1. The molecule has 0 saturated heterocycles. The van der Waals surface area contributed by atoms with Crippen molar-refractivity contribution in [2.24, 2.45) is 0 Å². The molecule has 0 aliphatic rings. The average molecular weight is 263 g/mol. The van der Waals surface area contributed by atoms with Crippen LogP contribution < -0.4 is 5.32 Å². The Balaban J connectivity index is 3.42. The van der Waals surface area contributed by atoms with Gasteiger partial charge in [0.25, 0.3) is 0 Å². The highest BCUT2D eigenvalue weighted by atomic mass is 16.5. The molecule has 0 rings (SSSR count). The lowest BCUT2D eigenvalue weighted by molar-refractivity contribution is -0.146. The Hall–Kier alpha value is -0.690. The van der Waals surface area contributed by atoms with Crippen molar-refractivity contribution in [2.45, 2.75) is 19.4 Å². The van der Waals surface area contributed by atoms with Crippen LogP contribution in [0.5, 0.6) is 0 Å². The van der Waals surface area contributed by atoms with Crippen LogP contribution in [0.25, 0.3) is 0 Å². The van der Waals surface area contributed by atoms with Crippen LogP contribution in [0.2, 0.25) is 0 Å². The summed E-state index contributed by atoms with van der Waals surface area (Å²) < 4.78 is 20.4. The zero-order valence-electron chi connectivity index (χ0n) is 11.6. The molecule has 0 bridgehead atoms. The third kappa shape index (κ3) is 9.35. The minimum Gasteiger partial charge on any atom is -0.465 e. The maximum Gasteiger partial charge on any atom is 0.323 e. The van der Waals surface area contributed by atoms with Gasteiger partial charge in [0.2, 0.25) is 0 Å². The van der Waals surface area contributed by atoms with Gasteiger partial charge in [-0.1, -0.05) is 0 Å². The van der Waals surface area contributed by atoms with Gasteiger partial charge < -0.3 is 24.3 Å². The number of hydrogen-bond donors (Lipinski definition) is 1. The topological polar surface area (TPSA) is 66.0 Å². The first-order chi connectivity index (χ1) is 8.76. The second-order valence-corrected chi connectivity index (χ2v) is 3.60. The van der Waals surface area contributed by atoms with Gasteiger partial charge in [0.05, 0.1) is 33.0 Å². The van der Waals surface area contributed by atoms with E-state index in [9.17, 15) is 4.79 Å². The van der Waals surface area contributed by atoms with E-state index in [4.69, 9.17) is 18.9 Å². The smallest absolute Gasteiger partial charge is 0.323 e. The normalized spacial score (nSPS) is 12.4. The lowest BCUT2D eigenvalue weighted by atomic mass is 10.2. The molecule has 0 spiro atoms. The Morgan fingerprint density at radius 2 is 1.72 bits per heavy atom. The van der Waals surface area contributed by atoms with E-state index < -0.39 is 0 Å². The second kappa shape index (κ2) is 12.8. The first kappa shape index (κ1) is 17.3. The number of carbonyl (C=O) groups excluding carboxylic acids is 1. The number of rotatable bonds is 12. The maximum absolute atomic E-state index is 11.4. The molecule has 1 N–H and O–H groups in total. The first-order valence-electron chi connectivity index (χ1n) is 6.24. The second-order valence-electron chi connectivity index (χ2n) is 3.60. The molecule has 0 aromatic heterocycles. The summed E-state index contributed by atoms with van der Waals surface area (Å²) >= 11 is 0. The third-order valence-corrected chi connectivity index (χ3v) is 2.27. The predicted octanol–water partition coefficient (Wildman–Crippen LogP) is 0.207. The van der Waals surface area contributed by atoms with Crippen LogP contribution in [0.15, 0.2) is 0 Å². The van der Waals surface area contributed by atoms with Crippen molar-refractivity contribution in [1.82, 2.24) is 5.32 Å². The van der Waals surface area contributed by atoms with Gasteiger partial charge in [0.15, 0.2) is 0 Å². The maximum atomic E-state index is 11.4. The van der Waals surface area contributed by atoms with E-state index in [1.807, 2.05) is 0 Å². The van der Waals surface area contributed by atoms with Crippen molar-refractivity contribution < 1.29 is 23.7 Å². The van der Waals surface area contributed by atoms with Crippen molar-refractivity contribution in [3.8, 4) is 0 Å². The van der Waals surface area contributed by atoms with E-state index in [1.165, 1.54) is 0 Å². The summed E-state index contributed by atoms with van der Waals surface area (Å²) in [4.78, 5) is 11.4. The molecule has 0 fully saturated rings. The molecule has 0 saturated carbocycles. The molecular weight excluding hydrogens is 238 g/mol.